The van der Waals surface area contributed by atoms with Gasteiger partial charge in [-0.2, -0.15) is 5.26 Å². The first-order valence-corrected chi connectivity index (χ1v) is 4.96. The van der Waals surface area contributed by atoms with E-state index in [1.54, 1.807) is 7.05 Å². The van der Waals surface area contributed by atoms with Crippen molar-refractivity contribution in [3.05, 3.63) is 0 Å². The smallest absolute Gasteiger partial charge is 0.221 e. The molecular formula is C10H19N3O. The van der Waals surface area contributed by atoms with E-state index in [-0.39, 0.29) is 11.8 Å². The molecule has 0 aliphatic rings. The van der Waals surface area contributed by atoms with Gasteiger partial charge in [0.05, 0.1) is 12.0 Å². The number of rotatable bonds is 6. The maximum Gasteiger partial charge on any atom is 0.221 e. The molecule has 0 radical (unpaired) electrons. The lowest BCUT2D eigenvalue weighted by Gasteiger charge is -2.20. The number of nitriles is 1. The zero-order valence-electron chi connectivity index (χ0n) is 9.21. The topological polar surface area (TPSA) is 56.1 Å². The van der Waals surface area contributed by atoms with E-state index in [0.29, 0.717) is 6.42 Å². The van der Waals surface area contributed by atoms with Gasteiger partial charge in [-0.3, -0.25) is 4.79 Å². The minimum absolute atomic E-state index is 0.0274. The first-order valence-electron chi connectivity index (χ1n) is 4.96. The van der Waals surface area contributed by atoms with Gasteiger partial charge in [-0.25, -0.2) is 0 Å². The molecule has 0 heterocycles. The average molecular weight is 197 g/mol. The predicted octanol–water partition coefficient (Wildman–Crippen LogP) is 0.604. The largest absolute Gasteiger partial charge is 0.359 e. The first-order chi connectivity index (χ1) is 6.63. The molecule has 80 valence electrons. The molecule has 0 aromatic heterocycles. The summed E-state index contributed by atoms with van der Waals surface area (Å²) in [5, 5.41) is 11.2. The van der Waals surface area contributed by atoms with E-state index in [1.165, 1.54) is 0 Å². The summed E-state index contributed by atoms with van der Waals surface area (Å²) in [7, 11) is 1.64. The molecule has 0 saturated carbocycles. The SMILES string of the molecule is CCN(CCC(=O)NC)CC(C)C#N. The Labute approximate surface area is 85.9 Å². The molecule has 0 aliphatic carbocycles. The Hall–Kier alpha value is -1.08. The molecule has 0 saturated heterocycles. The van der Waals surface area contributed by atoms with Gasteiger partial charge in [0.15, 0.2) is 0 Å². The average Bonchev–Trinajstić information content (AvgIpc) is 2.22. The molecule has 0 bridgehead atoms. The van der Waals surface area contributed by atoms with E-state index in [9.17, 15) is 4.79 Å². The molecule has 0 aromatic carbocycles. The number of nitrogens with one attached hydrogen (secondary N) is 1. The molecule has 0 aromatic rings. The Bertz CT molecular complexity index is 210. The number of carbonyl (C=O) groups excluding carboxylic acids is 1. The van der Waals surface area contributed by atoms with Crippen LogP contribution in [0.2, 0.25) is 0 Å². The number of nitrogens with zero attached hydrogens (tertiary/aromatic N) is 2. The molecule has 1 amide bonds. The van der Waals surface area contributed by atoms with Crippen molar-refractivity contribution >= 4 is 5.91 Å². The highest BCUT2D eigenvalue weighted by molar-refractivity contribution is 5.75. The van der Waals surface area contributed by atoms with E-state index >= 15 is 0 Å². The zero-order valence-corrected chi connectivity index (χ0v) is 9.21. The molecule has 14 heavy (non-hydrogen) atoms. The molecule has 1 atom stereocenters. The van der Waals surface area contributed by atoms with Crippen LogP contribution in [-0.2, 0) is 4.79 Å². The highest BCUT2D eigenvalue weighted by atomic mass is 16.1. The fraction of sp³-hybridized carbons (Fsp3) is 0.800. The van der Waals surface area contributed by atoms with Crippen molar-refractivity contribution in [1.29, 1.82) is 5.26 Å². The van der Waals surface area contributed by atoms with Crippen molar-refractivity contribution in [2.45, 2.75) is 20.3 Å². The number of carbonyl (C=O) groups is 1. The van der Waals surface area contributed by atoms with Crippen molar-refractivity contribution in [1.82, 2.24) is 10.2 Å². The van der Waals surface area contributed by atoms with Crippen LogP contribution in [0.15, 0.2) is 0 Å². The fourth-order valence-electron chi connectivity index (χ4n) is 1.19. The van der Waals surface area contributed by atoms with Gasteiger partial charge in [0.2, 0.25) is 5.91 Å². The van der Waals surface area contributed by atoms with Gasteiger partial charge in [0, 0.05) is 26.6 Å². The van der Waals surface area contributed by atoms with Crippen LogP contribution < -0.4 is 5.32 Å². The van der Waals surface area contributed by atoms with E-state index in [2.05, 4.69) is 16.3 Å². The van der Waals surface area contributed by atoms with Crippen LogP contribution in [0.5, 0.6) is 0 Å². The second-order valence-corrected chi connectivity index (χ2v) is 3.35. The second kappa shape index (κ2) is 7.34. The summed E-state index contributed by atoms with van der Waals surface area (Å²) in [5.41, 5.74) is 0. The molecule has 0 fully saturated rings. The minimum Gasteiger partial charge on any atom is -0.359 e. The van der Waals surface area contributed by atoms with Crippen LogP contribution in [0.25, 0.3) is 0 Å². The van der Waals surface area contributed by atoms with Gasteiger partial charge < -0.3 is 10.2 Å². The third kappa shape index (κ3) is 5.55. The van der Waals surface area contributed by atoms with Crippen molar-refractivity contribution in [2.75, 3.05) is 26.7 Å². The third-order valence-electron chi connectivity index (χ3n) is 2.13. The number of hydrogen-bond acceptors (Lipinski definition) is 3. The van der Waals surface area contributed by atoms with Crippen LogP contribution in [0, 0.1) is 17.2 Å². The highest BCUT2D eigenvalue weighted by Gasteiger charge is 2.08. The molecule has 4 heteroatoms. The summed E-state index contributed by atoms with van der Waals surface area (Å²) in [6, 6.07) is 2.19. The highest BCUT2D eigenvalue weighted by Crippen LogP contribution is 1.99. The van der Waals surface area contributed by atoms with Crippen LogP contribution in [-0.4, -0.2) is 37.5 Å². The second-order valence-electron chi connectivity index (χ2n) is 3.35. The zero-order chi connectivity index (χ0) is 11.0. The van der Waals surface area contributed by atoms with E-state index in [1.807, 2.05) is 13.8 Å². The summed E-state index contributed by atoms with van der Waals surface area (Å²) in [6.45, 7) is 6.27. The lowest BCUT2D eigenvalue weighted by molar-refractivity contribution is -0.120. The molecular weight excluding hydrogens is 178 g/mol. The number of hydrogen-bond donors (Lipinski definition) is 1. The summed E-state index contributed by atoms with van der Waals surface area (Å²) in [5.74, 6) is 0.0766. The molecule has 1 unspecified atom stereocenters. The normalized spacial score (nSPS) is 12.2. The Balaban J connectivity index is 3.80. The standard InChI is InChI=1S/C10H19N3O/c1-4-13(8-9(2)7-11)6-5-10(14)12-3/h9H,4-6,8H2,1-3H3,(H,12,14). The summed E-state index contributed by atoms with van der Waals surface area (Å²) in [6.07, 6.45) is 0.502. The lowest BCUT2D eigenvalue weighted by atomic mass is 10.2. The van der Waals surface area contributed by atoms with Gasteiger partial charge in [0.25, 0.3) is 0 Å². The van der Waals surface area contributed by atoms with Gasteiger partial charge in [0.1, 0.15) is 0 Å². The molecule has 1 N–H and O–H groups in total. The Morgan fingerprint density at radius 3 is 2.71 bits per heavy atom. The van der Waals surface area contributed by atoms with Gasteiger partial charge >= 0.3 is 0 Å². The van der Waals surface area contributed by atoms with Crippen molar-refractivity contribution in [3.8, 4) is 6.07 Å². The van der Waals surface area contributed by atoms with Crippen LogP contribution >= 0.6 is 0 Å². The third-order valence-corrected chi connectivity index (χ3v) is 2.13. The quantitative estimate of drug-likeness (QED) is 0.678. The Morgan fingerprint density at radius 2 is 2.29 bits per heavy atom. The van der Waals surface area contributed by atoms with E-state index in [0.717, 1.165) is 19.6 Å². The maximum atomic E-state index is 11.0. The lowest BCUT2D eigenvalue weighted by Crippen LogP contribution is -2.32. The van der Waals surface area contributed by atoms with Crippen LogP contribution in [0.3, 0.4) is 0 Å². The first kappa shape index (κ1) is 12.9. The molecule has 4 nitrogen and oxygen atoms in total. The molecule has 0 aliphatic heterocycles. The van der Waals surface area contributed by atoms with Gasteiger partial charge in [-0.15, -0.1) is 0 Å². The molecule has 0 spiro atoms. The van der Waals surface area contributed by atoms with Gasteiger partial charge in [-0.1, -0.05) is 6.92 Å². The van der Waals surface area contributed by atoms with Crippen molar-refractivity contribution < 1.29 is 4.79 Å². The van der Waals surface area contributed by atoms with Crippen molar-refractivity contribution in [2.24, 2.45) is 5.92 Å². The fourth-order valence-corrected chi connectivity index (χ4v) is 1.19. The number of amides is 1. The summed E-state index contributed by atoms with van der Waals surface area (Å²) >= 11 is 0. The summed E-state index contributed by atoms with van der Waals surface area (Å²) in [4.78, 5) is 13.1. The van der Waals surface area contributed by atoms with E-state index < -0.39 is 0 Å². The van der Waals surface area contributed by atoms with Crippen LogP contribution in [0.4, 0.5) is 0 Å². The summed E-state index contributed by atoms with van der Waals surface area (Å²) < 4.78 is 0. The predicted molar refractivity (Wildman–Crippen MR) is 55.6 cm³/mol. The Kier molecular flexibility index (Phi) is 6.77. The van der Waals surface area contributed by atoms with Gasteiger partial charge in [-0.05, 0) is 13.5 Å². The Morgan fingerprint density at radius 1 is 1.64 bits per heavy atom. The van der Waals surface area contributed by atoms with E-state index in [4.69, 9.17) is 5.26 Å². The maximum absolute atomic E-state index is 11.0. The minimum atomic E-state index is 0.0274. The van der Waals surface area contributed by atoms with Crippen molar-refractivity contribution in [3.63, 3.8) is 0 Å². The molecule has 0 rings (SSSR count). The van der Waals surface area contributed by atoms with Crippen LogP contribution in [0.1, 0.15) is 20.3 Å². The monoisotopic (exact) mass is 197 g/mol.